The van der Waals surface area contributed by atoms with E-state index in [2.05, 4.69) is 5.32 Å². The Kier molecular flexibility index (Phi) is 5.30. The number of carbonyl (C=O) groups excluding carboxylic acids is 2. The van der Waals surface area contributed by atoms with Crippen LogP contribution in [0, 0.1) is 5.82 Å². The third-order valence-electron chi connectivity index (χ3n) is 2.48. The first kappa shape index (κ1) is 14.2. The molecule has 0 aliphatic carbocycles. The minimum Gasteiger partial charge on any atom is -0.483 e. The van der Waals surface area contributed by atoms with E-state index >= 15 is 0 Å². The van der Waals surface area contributed by atoms with Gasteiger partial charge in [0.15, 0.2) is 12.9 Å². The number of aldehydes is 1. The Balaban J connectivity index is 2.58. The highest BCUT2D eigenvalue weighted by Gasteiger charge is 2.09. The molecule has 0 bridgehead atoms. The summed E-state index contributed by atoms with van der Waals surface area (Å²) in [5, 5.41) is 2.72. The van der Waals surface area contributed by atoms with E-state index in [0.717, 1.165) is 12.5 Å². The first-order chi connectivity index (χ1) is 8.56. The van der Waals surface area contributed by atoms with Gasteiger partial charge in [-0.05, 0) is 31.5 Å². The van der Waals surface area contributed by atoms with Gasteiger partial charge in [0.25, 0.3) is 5.91 Å². The molecule has 0 radical (unpaired) electrons. The second-order valence-electron chi connectivity index (χ2n) is 3.97. The van der Waals surface area contributed by atoms with E-state index < -0.39 is 5.82 Å². The van der Waals surface area contributed by atoms with E-state index in [1.54, 1.807) is 0 Å². The molecule has 18 heavy (non-hydrogen) atoms. The lowest BCUT2D eigenvalue weighted by atomic mass is 10.2. The Morgan fingerprint density at radius 3 is 2.89 bits per heavy atom. The number of ether oxygens (including phenoxy) is 1. The predicted molar refractivity (Wildman–Crippen MR) is 65.2 cm³/mol. The van der Waals surface area contributed by atoms with Gasteiger partial charge < -0.3 is 10.1 Å². The monoisotopic (exact) mass is 253 g/mol. The van der Waals surface area contributed by atoms with Crippen LogP contribution in [0.4, 0.5) is 4.39 Å². The summed E-state index contributed by atoms with van der Waals surface area (Å²) in [6.07, 6.45) is 1.31. The zero-order valence-electron chi connectivity index (χ0n) is 10.4. The molecule has 0 spiro atoms. The standard InChI is InChI=1S/C13H16FNO3/c1-3-9(2)15-13(17)8-18-12-5-4-11(14)6-10(12)7-16/h4-7,9H,3,8H2,1-2H3,(H,15,17). The van der Waals surface area contributed by atoms with Crippen LogP contribution in [0.2, 0.25) is 0 Å². The first-order valence-electron chi connectivity index (χ1n) is 5.73. The van der Waals surface area contributed by atoms with Gasteiger partial charge in [0, 0.05) is 6.04 Å². The molecule has 0 aromatic heterocycles. The van der Waals surface area contributed by atoms with E-state index in [1.807, 2.05) is 13.8 Å². The van der Waals surface area contributed by atoms with Crippen molar-refractivity contribution in [3.63, 3.8) is 0 Å². The number of halogens is 1. The van der Waals surface area contributed by atoms with Gasteiger partial charge in [-0.15, -0.1) is 0 Å². The summed E-state index contributed by atoms with van der Waals surface area (Å²) in [6.45, 7) is 3.64. The van der Waals surface area contributed by atoms with Gasteiger partial charge in [-0.2, -0.15) is 0 Å². The van der Waals surface area contributed by atoms with Crippen molar-refractivity contribution >= 4 is 12.2 Å². The van der Waals surface area contributed by atoms with Crippen molar-refractivity contribution in [3.05, 3.63) is 29.6 Å². The lowest BCUT2D eigenvalue weighted by Gasteiger charge is -2.12. The maximum absolute atomic E-state index is 12.9. The Bertz CT molecular complexity index is 434. The Morgan fingerprint density at radius 1 is 1.56 bits per heavy atom. The average molecular weight is 253 g/mol. The highest BCUT2D eigenvalue weighted by Crippen LogP contribution is 2.17. The second-order valence-corrected chi connectivity index (χ2v) is 3.97. The van der Waals surface area contributed by atoms with E-state index in [0.29, 0.717) is 6.29 Å². The van der Waals surface area contributed by atoms with Gasteiger partial charge in [-0.1, -0.05) is 6.92 Å². The number of benzene rings is 1. The summed E-state index contributed by atoms with van der Waals surface area (Å²) in [5.74, 6) is -0.593. The Morgan fingerprint density at radius 2 is 2.28 bits per heavy atom. The molecule has 1 N–H and O–H groups in total. The summed E-state index contributed by atoms with van der Waals surface area (Å²) in [5.41, 5.74) is 0.0892. The molecular formula is C13H16FNO3. The normalized spacial score (nSPS) is 11.7. The van der Waals surface area contributed by atoms with Crippen molar-refractivity contribution in [2.24, 2.45) is 0 Å². The van der Waals surface area contributed by atoms with Crippen LogP contribution < -0.4 is 10.1 Å². The zero-order valence-corrected chi connectivity index (χ0v) is 10.4. The molecule has 98 valence electrons. The molecule has 1 rings (SSSR count). The van der Waals surface area contributed by atoms with Gasteiger partial charge in [0.05, 0.1) is 5.56 Å². The molecule has 1 amide bonds. The van der Waals surface area contributed by atoms with Crippen LogP contribution in [0.25, 0.3) is 0 Å². The molecule has 1 aromatic rings. The number of hydrogen-bond acceptors (Lipinski definition) is 3. The number of amides is 1. The molecule has 5 heteroatoms. The maximum atomic E-state index is 12.9. The highest BCUT2D eigenvalue weighted by molar-refractivity contribution is 5.80. The third kappa shape index (κ3) is 4.16. The third-order valence-corrected chi connectivity index (χ3v) is 2.48. The van der Waals surface area contributed by atoms with Crippen molar-refractivity contribution in [3.8, 4) is 5.75 Å². The van der Waals surface area contributed by atoms with Gasteiger partial charge in [0.2, 0.25) is 0 Å². The Labute approximate surface area is 105 Å². The lowest BCUT2D eigenvalue weighted by Crippen LogP contribution is -2.35. The van der Waals surface area contributed by atoms with Crippen LogP contribution in [0.3, 0.4) is 0 Å². The van der Waals surface area contributed by atoms with Crippen molar-refractivity contribution in [1.29, 1.82) is 0 Å². The fourth-order valence-corrected chi connectivity index (χ4v) is 1.30. The van der Waals surface area contributed by atoms with Gasteiger partial charge in [0.1, 0.15) is 11.6 Å². The van der Waals surface area contributed by atoms with Crippen molar-refractivity contribution < 1.29 is 18.7 Å². The van der Waals surface area contributed by atoms with Crippen molar-refractivity contribution in [1.82, 2.24) is 5.32 Å². The number of carbonyl (C=O) groups is 2. The van der Waals surface area contributed by atoms with E-state index in [1.165, 1.54) is 12.1 Å². The topological polar surface area (TPSA) is 55.4 Å². The lowest BCUT2D eigenvalue weighted by molar-refractivity contribution is -0.123. The summed E-state index contributed by atoms with van der Waals surface area (Å²) in [7, 11) is 0. The average Bonchev–Trinajstić information content (AvgIpc) is 2.36. The van der Waals surface area contributed by atoms with E-state index in [4.69, 9.17) is 4.74 Å². The molecule has 0 fully saturated rings. The minimum atomic E-state index is -0.520. The van der Waals surface area contributed by atoms with E-state index in [9.17, 15) is 14.0 Å². The molecule has 4 nitrogen and oxygen atoms in total. The Hall–Kier alpha value is -1.91. The smallest absolute Gasteiger partial charge is 0.258 e. The molecule has 0 aliphatic heterocycles. The van der Waals surface area contributed by atoms with Crippen LogP contribution in [-0.2, 0) is 4.79 Å². The highest BCUT2D eigenvalue weighted by atomic mass is 19.1. The molecule has 1 unspecified atom stereocenters. The number of rotatable bonds is 6. The predicted octanol–water partition coefficient (Wildman–Crippen LogP) is 1.93. The van der Waals surface area contributed by atoms with Crippen LogP contribution in [0.1, 0.15) is 30.6 Å². The summed E-state index contributed by atoms with van der Waals surface area (Å²) >= 11 is 0. The quantitative estimate of drug-likeness (QED) is 0.788. The van der Waals surface area contributed by atoms with Crippen LogP contribution >= 0.6 is 0 Å². The maximum Gasteiger partial charge on any atom is 0.258 e. The van der Waals surface area contributed by atoms with Crippen LogP contribution in [0.5, 0.6) is 5.75 Å². The molecule has 0 saturated heterocycles. The SMILES string of the molecule is CCC(C)NC(=O)COc1ccc(F)cc1C=O. The van der Waals surface area contributed by atoms with Crippen molar-refractivity contribution in [2.75, 3.05) is 6.61 Å². The van der Waals surface area contributed by atoms with Gasteiger partial charge >= 0.3 is 0 Å². The molecular weight excluding hydrogens is 237 g/mol. The second kappa shape index (κ2) is 6.74. The summed E-state index contributed by atoms with van der Waals surface area (Å²) in [6, 6.07) is 3.64. The van der Waals surface area contributed by atoms with Crippen LogP contribution in [0.15, 0.2) is 18.2 Å². The molecule has 0 aliphatic rings. The van der Waals surface area contributed by atoms with E-state index in [-0.39, 0.29) is 29.9 Å². The van der Waals surface area contributed by atoms with Crippen LogP contribution in [-0.4, -0.2) is 24.8 Å². The molecule has 1 aromatic carbocycles. The molecule has 0 heterocycles. The first-order valence-corrected chi connectivity index (χ1v) is 5.73. The van der Waals surface area contributed by atoms with Gasteiger partial charge in [-0.25, -0.2) is 4.39 Å². The fourth-order valence-electron chi connectivity index (χ4n) is 1.30. The zero-order chi connectivity index (χ0) is 13.5. The molecule has 0 saturated carbocycles. The summed E-state index contributed by atoms with van der Waals surface area (Å²) < 4.78 is 18.0. The van der Waals surface area contributed by atoms with Crippen molar-refractivity contribution in [2.45, 2.75) is 26.3 Å². The number of nitrogens with one attached hydrogen (secondary N) is 1. The molecule has 1 atom stereocenters. The fraction of sp³-hybridized carbons (Fsp3) is 0.385. The summed E-state index contributed by atoms with van der Waals surface area (Å²) in [4.78, 5) is 22.2. The minimum absolute atomic E-state index is 0.0693. The van der Waals surface area contributed by atoms with Gasteiger partial charge in [-0.3, -0.25) is 9.59 Å². The largest absolute Gasteiger partial charge is 0.483 e. The number of hydrogen-bond donors (Lipinski definition) is 1.